The monoisotopic (exact) mass is 311 g/mol. The van der Waals surface area contributed by atoms with E-state index in [2.05, 4.69) is 5.32 Å². The lowest BCUT2D eigenvalue weighted by molar-refractivity contribution is 0.0953. The summed E-state index contributed by atoms with van der Waals surface area (Å²) in [5.74, 6) is 0.777. The van der Waals surface area contributed by atoms with Crippen LogP contribution < -0.4 is 10.1 Å². The number of benzene rings is 2. The van der Waals surface area contributed by atoms with Gasteiger partial charge in [-0.15, -0.1) is 0 Å². The maximum atomic E-state index is 12.0. The molecule has 2 aromatic rings. The molecule has 23 heavy (non-hydrogen) atoms. The summed E-state index contributed by atoms with van der Waals surface area (Å²) in [5, 5.41) is 2.86. The largest absolute Gasteiger partial charge is 0.497 e. The van der Waals surface area contributed by atoms with Gasteiger partial charge in [-0.25, -0.2) is 0 Å². The van der Waals surface area contributed by atoms with E-state index in [1.807, 2.05) is 18.2 Å². The number of amides is 1. The van der Waals surface area contributed by atoms with Gasteiger partial charge >= 0.3 is 0 Å². The molecule has 1 amide bonds. The van der Waals surface area contributed by atoms with Crippen LogP contribution in [-0.4, -0.2) is 25.3 Å². The highest BCUT2D eigenvalue weighted by atomic mass is 16.5. The summed E-state index contributed by atoms with van der Waals surface area (Å²) in [7, 11) is 1.60. The van der Waals surface area contributed by atoms with Crippen LogP contribution in [-0.2, 0) is 0 Å². The van der Waals surface area contributed by atoms with E-state index in [1.165, 1.54) is 0 Å². The number of ketones is 1. The molecule has 0 atom stereocenters. The molecular weight excluding hydrogens is 290 g/mol. The number of rotatable bonds is 8. The van der Waals surface area contributed by atoms with Gasteiger partial charge in [0.25, 0.3) is 5.91 Å². The first kappa shape index (κ1) is 16.7. The molecule has 2 rings (SSSR count). The molecule has 2 aromatic carbocycles. The molecule has 0 radical (unpaired) electrons. The molecule has 120 valence electrons. The van der Waals surface area contributed by atoms with Crippen molar-refractivity contribution in [3.05, 3.63) is 65.7 Å². The Kier molecular flexibility index (Phi) is 6.36. The van der Waals surface area contributed by atoms with Gasteiger partial charge in [0, 0.05) is 24.1 Å². The third-order valence-electron chi connectivity index (χ3n) is 3.56. The molecule has 0 aliphatic rings. The molecule has 0 aliphatic carbocycles. The maximum Gasteiger partial charge on any atom is 0.251 e. The second kappa shape index (κ2) is 8.73. The Balaban J connectivity index is 1.67. The Hall–Kier alpha value is -2.62. The third kappa shape index (κ3) is 5.25. The first-order valence-electron chi connectivity index (χ1n) is 7.71. The fourth-order valence-electron chi connectivity index (χ4n) is 2.23. The van der Waals surface area contributed by atoms with Crippen LogP contribution >= 0.6 is 0 Å². The minimum absolute atomic E-state index is 0.0768. The van der Waals surface area contributed by atoms with Crippen molar-refractivity contribution >= 4 is 11.7 Å². The van der Waals surface area contributed by atoms with Crippen molar-refractivity contribution in [2.75, 3.05) is 13.7 Å². The van der Waals surface area contributed by atoms with Crippen LogP contribution in [0.15, 0.2) is 54.6 Å². The van der Waals surface area contributed by atoms with Crippen molar-refractivity contribution in [3.8, 4) is 5.75 Å². The lowest BCUT2D eigenvalue weighted by Gasteiger charge is -2.05. The van der Waals surface area contributed by atoms with Gasteiger partial charge in [-0.05, 0) is 49.2 Å². The lowest BCUT2D eigenvalue weighted by Crippen LogP contribution is -2.24. The minimum Gasteiger partial charge on any atom is -0.497 e. The number of carbonyl (C=O) groups is 2. The second-order valence-electron chi connectivity index (χ2n) is 5.23. The molecular formula is C19H21NO3. The lowest BCUT2D eigenvalue weighted by atomic mass is 10.1. The zero-order valence-corrected chi connectivity index (χ0v) is 13.2. The summed E-state index contributed by atoms with van der Waals surface area (Å²) in [6, 6.07) is 16.2. The summed E-state index contributed by atoms with van der Waals surface area (Å²) in [5.41, 5.74) is 1.35. The Labute approximate surface area is 136 Å². The Morgan fingerprint density at radius 1 is 0.913 bits per heavy atom. The van der Waals surface area contributed by atoms with E-state index in [-0.39, 0.29) is 11.7 Å². The van der Waals surface area contributed by atoms with Crippen LogP contribution in [0.5, 0.6) is 5.75 Å². The van der Waals surface area contributed by atoms with Crippen LogP contribution in [0, 0.1) is 0 Å². The van der Waals surface area contributed by atoms with Gasteiger partial charge < -0.3 is 10.1 Å². The van der Waals surface area contributed by atoms with Crippen molar-refractivity contribution < 1.29 is 14.3 Å². The predicted molar refractivity (Wildman–Crippen MR) is 90.0 cm³/mol. The number of carbonyl (C=O) groups excluding carboxylic acids is 2. The molecule has 0 unspecified atom stereocenters. The van der Waals surface area contributed by atoms with E-state index in [9.17, 15) is 9.59 Å². The molecule has 0 aliphatic heterocycles. The number of nitrogens with one attached hydrogen (secondary N) is 1. The van der Waals surface area contributed by atoms with E-state index in [4.69, 9.17) is 4.74 Å². The van der Waals surface area contributed by atoms with Crippen molar-refractivity contribution in [1.82, 2.24) is 5.32 Å². The summed E-state index contributed by atoms with van der Waals surface area (Å²) >= 11 is 0. The smallest absolute Gasteiger partial charge is 0.251 e. The van der Waals surface area contributed by atoms with Crippen molar-refractivity contribution in [3.63, 3.8) is 0 Å². The first-order chi connectivity index (χ1) is 11.2. The Bertz CT molecular complexity index is 635. The molecule has 1 N–H and O–H groups in total. The number of ether oxygens (including phenoxy) is 1. The molecule has 0 heterocycles. The quantitative estimate of drug-likeness (QED) is 0.600. The van der Waals surface area contributed by atoms with E-state index in [0.717, 1.165) is 18.6 Å². The number of hydrogen-bond acceptors (Lipinski definition) is 3. The van der Waals surface area contributed by atoms with Crippen LogP contribution in [0.2, 0.25) is 0 Å². The van der Waals surface area contributed by atoms with Crippen molar-refractivity contribution in [2.24, 2.45) is 0 Å². The van der Waals surface area contributed by atoms with Crippen LogP contribution in [0.3, 0.4) is 0 Å². The highest BCUT2D eigenvalue weighted by Crippen LogP contribution is 2.13. The molecule has 0 spiro atoms. The van der Waals surface area contributed by atoms with E-state index < -0.39 is 0 Å². The zero-order valence-electron chi connectivity index (χ0n) is 13.2. The molecule has 4 heteroatoms. The van der Waals surface area contributed by atoms with Crippen LogP contribution in [0.4, 0.5) is 0 Å². The van der Waals surface area contributed by atoms with Gasteiger partial charge in [0.05, 0.1) is 7.11 Å². The van der Waals surface area contributed by atoms with Gasteiger partial charge in [0.1, 0.15) is 5.75 Å². The van der Waals surface area contributed by atoms with E-state index >= 15 is 0 Å². The number of hydrogen-bond donors (Lipinski definition) is 1. The van der Waals surface area contributed by atoms with Gasteiger partial charge in [-0.1, -0.05) is 18.2 Å². The van der Waals surface area contributed by atoms with E-state index in [0.29, 0.717) is 24.1 Å². The van der Waals surface area contributed by atoms with Gasteiger partial charge in [0.15, 0.2) is 5.78 Å². The Morgan fingerprint density at radius 3 is 2.26 bits per heavy atom. The fraction of sp³-hybridized carbons (Fsp3) is 0.263. The number of methoxy groups -OCH3 is 1. The Morgan fingerprint density at radius 2 is 1.61 bits per heavy atom. The van der Waals surface area contributed by atoms with Gasteiger partial charge in [-0.2, -0.15) is 0 Å². The summed E-state index contributed by atoms with van der Waals surface area (Å²) in [6.07, 6.45) is 2.01. The van der Waals surface area contributed by atoms with Crippen molar-refractivity contribution in [1.29, 1.82) is 0 Å². The molecule has 0 bridgehead atoms. The third-order valence-corrected chi connectivity index (χ3v) is 3.56. The minimum atomic E-state index is -0.0768. The van der Waals surface area contributed by atoms with Crippen LogP contribution in [0.25, 0.3) is 0 Å². The number of Topliss-reactive ketones (excluding diaryl/α,β-unsaturated/α-hetero) is 1. The average Bonchev–Trinajstić information content (AvgIpc) is 2.62. The average molecular weight is 311 g/mol. The highest BCUT2D eigenvalue weighted by molar-refractivity contribution is 5.96. The SMILES string of the molecule is COc1ccc(C(=O)CCCCNC(=O)c2ccccc2)cc1. The second-order valence-corrected chi connectivity index (χ2v) is 5.23. The first-order valence-corrected chi connectivity index (χ1v) is 7.71. The summed E-state index contributed by atoms with van der Waals surface area (Å²) < 4.78 is 5.07. The summed E-state index contributed by atoms with van der Waals surface area (Å²) in [4.78, 5) is 23.9. The van der Waals surface area contributed by atoms with Crippen LogP contribution in [0.1, 0.15) is 40.0 Å². The standard InChI is InChI=1S/C19H21NO3/c1-23-17-12-10-15(11-13-17)18(21)9-5-6-14-20-19(22)16-7-3-2-4-8-16/h2-4,7-8,10-13H,5-6,9,14H2,1H3,(H,20,22). The summed E-state index contributed by atoms with van der Waals surface area (Å²) in [6.45, 7) is 0.573. The number of unbranched alkanes of at least 4 members (excludes halogenated alkanes) is 1. The molecule has 4 nitrogen and oxygen atoms in total. The molecule has 0 saturated carbocycles. The van der Waals surface area contributed by atoms with Gasteiger partial charge in [-0.3, -0.25) is 9.59 Å². The van der Waals surface area contributed by atoms with E-state index in [1.54, 1.807) is 43.5 Å². The maximum absolute atomic E-state index is 12.0. The normalized spacial score (nSPS) is 10.1. The van der Waals surface area contributed by atoms with Crippen molar-refractivity contribution in [2.45, 2.75) is 19.3 Å². The fourth-order valence-corrected chi connectivity index (χ4v) is 2.23. The van der Waals surface area contributed by atoms with Gasteiger partial charge in [0.2, 0.25) is 0 Å². The predicted octanol–water partition coefficient (Wildman–Crippen LogP) is 3.48. The zero-order chi connectivity index (χ0) is 16.5. The highest BCUT2D eigenvalue weighted by Gasteiger charge is 2.06. The molecule has 0 aromatic heterocycles. The topological polar surface area (TPSA) is 55.4 Å². The molecule has 0 fully saturated rings. The molecule has 0 saturated heterocycles.